The van der Waals surface area contributed by atoms with Crippen LogP contribution in [0, 0.1) is 87.4 Å². The average Bonchev–Trinajstić information content (AvgIpc) is 1.62. The van der Waals surface area contributed by atoms with Gasteiger partial charge in [-0.15, -0.1) is 0 Å². The quantitative estimate of drug-likeness (QED) is 0.0266. The number of aryl methyl sites for hydroxylation is 5. The van der Waals surface area contributed by atoms with Crippen molar-refractivity contribution in [2.75, 3.05) is 129 Å². The van der Waals surface area contributed by atoms with Crippen LogP contribution in [0.2, 0.25) is 5.02 Å². The number of fused-ring (bicyclic) bond motifs is 1. The van der Waals surface area contributed by atoms with Gasteiger partial charge in [-0.2, -0.15) is 22.0 Å². The maximum atomic E-state index is 11.6. The number of methoxy groups -OCH3 is 5. The van der Waals surface area contributed by atoms with Crippen LogP contribution in [0.5, 0.6) is 17.2 Å². The van der Waals surface area contributed by atoms with E-state index >= 15 is 0 Å². The molecule has 728 valence electrons. The van der Waals surface area contributed by atoms with Crippen LogP contribution in [0.3, 0.4) is 0 Å². The van der Waals surface area contributed by atoms with Crippen molar-refractivity contribution < 1.29 is 83.6 Å². The summed E-state index contributed by atoms with van der Waals surface area (Å²) in [6.45, 7) is 50.8. The lowest BCUT2D eigenvalue weighted by atomic mass is 9.95. The molecule has 5 atom stereocenters. The fourth-order valence-electron chi connectivity index (χ4n) is 10.0. The molecular formula is C105H178ClF5N2O13. The van der Waals surface area contributed by atoms with E-state index in [2.05, 4.69) is 183 Å². The van der Waals surface area contributed by atoms with Crippen molar-refractivity contribution in [2.45, 2.75) is 287 Å². The molecule has 15 nitrogen and oxygen atoms in total. The first kappa shape index (κ1) is 124. The van der Waals surface area contributed by atoms with E-state index in [-0.39, 0.29) is 19.1 Å². The molecule has 1 heterocycles. The summed E-state index contributed by atoms with van der Waals surface area (Å²) in [5, 5.41) is 1.67. The predicted octanol–water partition coefficient (Wildman–Crippen LogP) is 28.6. The highest BCUT2D eigenvalue weighted by atomic mass is 35.5. The van der Waals surface area contributed by atoms with Gasteiger partial charge in [0, 0.05) is 126 Å². The van der Waals surface area contributed by atoms with E-state index < -0.39 is 18.7 Å². The molecule has 0 radical (unpaired) electrons. The van der Waals surface area contributed by atoms with Crippen molar-refractivity contribution in [3.63, 3.8) is 0 Å². The number of carbonyl (C=O) groups excluding carboxylic acids is 1. The largest absolute Gasteiger partial charge is 0.494 e. The number of nitrogens with zero attached hydrogens (tertiary/aromatic N) is 2. The van der Waals surface area contributed by atoms with Gasteiger partial charge in [0.2, 0.25) is 0 Å². The maximum absolute atomic E-state index is 11.6. The molecule has 0 bridgehead atoms. The summed E-state index contributed by atoms with van der Waals surface area (Å²) in [7, 11) is 14.0. The third kappa shape index (κ3) is 71.9. The number of alkyl halides is 5. The zero-order chi connectivity index (χ0) is 95.9. The van der Waals surface area contributed by atoms with E-state index in [1.807, 2.05) is 80.1 Å². The molecule has 5 unspecified atom stereocenters. The minimum absolute atomic E-state index is 0.0218. The Labute approximate surface area is 769 Å². The fraction of sp³-hybridized carbons (Fsp3) is 0.686. The van der Waals surface area contributed by atoms with Gasteiger partial charge in [0.05, 0.1) is 62.9 Å². The molecular weight excluding hydrogens is 1630 g/mol. The highest BCUT2D eigenvalue weighted by molar-refractivity contribution is 6.36. The molecule has 3 saturated carbocycles. The number of rotatable bonds is 42. The summed E-state index contributed by atoms with van der Waals surface area (Å²) in [6, 6.07) is 38.8. The topological polar surface area (TPSA) is 136 Å². The molecule has 3 aliphatic carbocycles. The van der Waals surface area contributed by atoms with Gasteiger partial charge in [-0.1, -0.05) is 268 Å². The number of hydrogen-bond donors (Lipinski definition) is 0. The van der Waals surface area contributed by atoms with E-state index in [0.717, 1.165) is 187 Å². The summed E-state index contributed by atoms with van der Waals surface area (Å²) in [5.74, 6) is 6.99. The Morgan fingerprint density at radius 2 is 0.968 bits per heavy atom. The minimum Gasteiger partial charge on any atom is -0.494 e. The van der Waals surface area contributed by atoms with E-state index in [1.54, 1.807) is 49.6 Å². The summed E-state index contributed by atoms with van der Waals surface area (Å²) < 4.78 is 120. The van der Waals surface area contributed by atoms with Gasteiger partial charge in [-0.3, -0.25) is 4.79 Å². The SMILES string of the molecule is CC(C)C(F)(F)F.CC1(C)CC1.CCC(C)C.CCC(C)C(C)COC.CCC(C)CC.CCC1CC1COC.CCCCOC(F)F.COCCCCOCc1ccc(C)cc1.COCCCCOc1ccc(C)cc1.COCCCOc1ccc(C)cc1.Cc1c(Cl)c2cccc(OCC(=O)N(C)C)c2n1C.Cc1ccc(COCC(C)COC2CC2)cc1. The van der Waals surface area contributed by atoms with E-state index in [4.69, 9.17) is 63.7 Å². The lowest BCUT2D eigenvalue weighted by Gasteiger charge is -2.16. The molecule has 21 heteroatoms. The van der Waals surface area contributed by atoms with Crippen molar-refractivity contribution in [2.24, 2.45) is 59.8 Å². The van der Waals surface area contributed by atoms with Gasteiger partial charge in [0.1, 0.15) is 17.2 Å². The molecule has 0 aliphatic heterocycles. The maximum Gasteiger partial charge on any atom is 0.391 e. The van der Waals surface area contributed by atoms with Crippen LogP contribution in [0.4, 0.5) is 22.0 Å². The monoisotopic (exact) mass is 1810 g/mol. The van der Waals surface area contributed by atoms with E-state index in [1.165, 1.54) is 102 Å². The van der Waals surface area contributed by atoms with Crippen LogP contribution >= 0.6 is 11.6 Å². The van der Waals surface area contributed by atoms with Crippen molar-refractivity contribution in [3.8, 4) is 17.2 Å². The number of carbonyl (C=O) groups is 1. The molecule has 3 fully saturated rings. The zero-order valence-electron chi connectivity index (χ0n) is 84.1. The fourth-order valence-corrected chi connectivity index (χ4v) is 10.3. The van der Waals surface area contributed by atoms with Gasteiger partial charge in [0.15, 0.2) is 6.61 Å². The number of likely N-dealkylation sites (N-methyl/N-ethyl adjacent to an activating group) is 1. The Morgan fingerprint density at radius 1 is 0.524 bits per heavy atom. The standard InChI is InChI=1S/C15H22O2.C14H17ClN2O2.C13H20O2.C12H18O2.C11H16O2.C8H18O.C7H14O.C6H14.C5H10F2O.C5H10.C5H12.C4H7F3/c1-12-3-5-14(6-4-12)11-16-9-13(2)10-17-15-7-8-15;1-9-13(15)10-6-5-7-11(14(10)17(9)4)19-8-12(18)16(2)3;1-12-5-7-13(8-6-12)11-15-10-4-3-9-14-2;1-11-5-7-12(8-6-11)14-10-4-3-9-13-2;1-10-4-6-11(7-5-10)13-9-3-8-12-2;1-5-7(2)8(3)6-9-4;1-3-6-4-7(6)5-8-2;1-4-6(3)5-2;1-2-3-4-8-5(6)7;1-5(2)3-4-5;1-4-5(2)3;1-3(2)4(5,6)7/h3-6,13,15H,7-11H2,1-2H3;5-7H,8H2,1-4H3;5-8H,3-4,9-11H2,1-2H3;5-8H,3-4,9-10H2,1-2H3;4-7H,3,8-9H2,1-2H3;7-8H,5-6H2,1-4H3;6-7H,3-5H2,1-2H3;6H,4-5H2,1-3H3;5H,2-4H2,1H3;3-4H2,1-2H3;5H,4H2,1-3H3;3H,1-2H3. The van der Waals surface area contributed by atoms with Crippen LogP contribution in [-0.4, -0.2) is 163 Å². The Bertz CT molecular complexity index is 3440. The number of benzene rings is 5. The van der Waals surface area contributed by atoms with Crippen LogP contribution in [0.1, 0.15) is 259 Å². The normalized spacial score (nSPS) is 14.2. The molecule has 0 spiro atoms. The number of para-hydroxylation sites is 1. The second-order valence-electron chi connectivity index (χ2n) is 34.9. The number of hydrogen-bond acceptors (Lipinski definition) is 13. The van der Waals surface area contributed by atoms with Crippen molar-refractivity contribution in [1.29, 1.82) is 0 Å². The van der Waals surface area contributed by atoms with Gasteiger partial charge in [0.25, 0.3) is 5.91 Å². The molecule has 0 N–H and O–H groups in total. The van der Waals surface area contributed by atoms with Crippen LogP contribution in [0.25, 0.3) is 10.9 Å². The Kier molecular flexibility index (Phi) is 76.7. The third-order valence-corrected chi connectivity index (χ3v) is 21.6. The second-order valence-corrected chi connectivity index (χ2v) is 35.3. The Balaban J connectivity index is -0.00000134. The highest BCUT2D eigenvalue weighted by Crippen LogP contribution is 2.44. The lowest BCUT2D eigenvalue weighted by Crippen LogP contribution is -2.27. The van der Waals surface area contributed by atoms with E-state index in [9.17, 15) is 26.7 Å². The third-order valence-electron chi connectivity index (χ3n) is 21.1. The smallest absolute Gasteiger partial charge is 0.391 e. The van der Waals surface area contributed by atoms with E-state index in [0.29, 0.717) is 43.3 Å². The number of amides is 1. The summed E-state index contributed by atoms with van der Waals surface area (Å²) in [6.07, 6.45) is 16.7. The van der Waals surface area contributed by atoms with Crippen molar-refractivity contribution in [1.82, 2.24) is 9.47 Å². The lowest BCUT2D eigenvalue weighted by molar-refractivity contribution is -0.164. The predicted molar refractivity (Wildman–Crippen MR) is 519 cm³/mol. The van der Waals surface area contributed by atoms with Crippen LogP contribution < -0.4 is 14.2 Å². The van der Waals surface area contributed by atoms with Crippen LogP contribution in [0.15, 0.2) is 115 Å². The Morgan fingerprint density at radius 3 is 1.34 bits per heavy atom. The number of unbranched alkanes of at least 4 members (excludes halogenated alkanes) is 3. The van der Waals surface area contributed by atoms with Gasteiger partial charge in [-0.25, -0.2) is 0 Å². The minimum atomic E-state index is -4.00. The number of aromatic nitrogens is 1. The molecule has 126 heavy (non-hydrogen) atoms. The van der Waals surface area contributed by atoms with Gasteiger partial charge < -0.3 is 66.3 Å². The highest BCUT2D eigenvalue weighted by Gasteiger charge is 2.35. The first-order valence-electron chi connectivity index (χ1n) is 46.5. The molecule has 5 aromatic carbocycles. The van der Waals surface area contributed by atoms with Gasteiger partial charge in [-0.05, 0) is 181 Å². The second kappa shape index (κ2) is 77.8. The first-order valence-corrected chi connectivity index (χ1v) is 46.9. The summed E-state index contributed by atoms with van der Waals surface area (Å²) in [4.78, 5) is 13.1. The number of halogens is 6. The number of ether oxygens (including phenoxy) is 12. The summed E-state index contributed by atoms with van der Waals surface area (Å²) in [5.41, 5.74) is 10.2. The molecule has 9 rings (SSSR count). The van der Waals surface area contributed by atoms with Gasteiger partial charge >= 0.3 is 12.8 Å². The first-order chi connectivity index (χ1) is 59.7. The molecule has 1 amide bonds. The molecule has 3 aliphatic rings. The molecule has 1 aromatic heterocycles. The van der Waals surface area contributed by atoms with Crippen molar-refractivity contribution in [3.05, 3.63) is 159 Å². The summed E-state index contributed by atoms with van der Waals surface area (Å²) >= 11 is 6.28. The molecule has 6 aromatic rings. The average molecular weight is 1810 g/mol. The Hall–Kier alpha value is -5.91. The zero-order valence-corrected chi connectivity index (χ0v) is 84.9. The van der Waals surface area contributed by atoms with Crippen LogP contribution in [-0.2, 0) is 67.7 Å². The van der Waals surface area contributed by atoms with Crippen molar-refractivity contribution >= 4 is 28.4 Å². The molecule has 0 saturated heterocycles.